The van der Waals surface area contributed by atoms with E-state index in [9.17, 15) is 0 Å². The number of aryl methyl sites for hydroxylation is 1. The van der Waals surface area contributed by atoms with Crippen LogP contribution in [0.2, 0.25) is 0 Å². The molecule has 42 valence electrons. The van der Waals surface area contributed by atoms with Crippen LogP contribution in [0.4, 0.5) is 0 Å². The van der Waals surface area contributed by atoms with Crippen molar-refractivity contribution < 1.29 is 21.1 Å². The fourth-order valence-electron chi connectivity index (χ4n) is 0.448. The summed E-state index contributed by atoms with van der Waals surface area (Å²) < 4.78 is 0. The normalized spacial score (nSPS) is 7.62. The summed E-state index contributed by atoms with van der Waals surface area (Å²) >= 11 is 0. The third-order valence-electron chi connectivity index (χ3n) is 0.809. The first-order valence-electron chi connectivity index (χ1n) is 2.26. The molecule has 0 spiro atoms. The van der Waals surface area contributed by atoms with Gasteiger partial charge in [0, 0.05) is 33.5 Å². The predicted octanol–water partition coefficient (Wildman–Crippen LogP) is 1.39. The van der Waals surface area contributed by atoms with Crippen molar-refractivity contribution in [2.75, 3.05) is 0 Å². The molecule has 0 aliphatic heterocycles. The fourth-order valence-corrected chi connectivity index (χ4v) is 0.448. The summed E-state index contributed by atoms with van der Waals surface area (Å²) in [5.74, 6) is 0. The molecule has 1 aromatic heterocycles. The van der Waals surface area contributed by atoms with E-state index in [1.165, 1.54) is 5.56 Å². The van der Waals surface area contributed by atoms with Crippen molar-refractivity contribution in [1.29, 1.82) is 0 Å². The first-order valence-corrected chi connectivity index (χ1v) is 2.26. The number of hydrogen-bond donors (Lipinski definition) is 0. The van der Waals surface area contributed by atoms with E-state index >= 15 is 0 Å². The molecule has 0 aliphatic carbocycles. The van der Waals surface area contributed by atoms with Crippen molar-refractivity contribution in [1.82, 2.24) is 4.98 Å². The zero-order valence-corrected chi connectivity index (χ0v) is 7.60. The van der Waals surface area contributed by atoms with Crippen molar-refractivity contribution in [2.45, 2.75) is 6.92 Å². The van der Waals surface area contributed by atoms with E-state index in [2.05, 4.69) is 4.98 Å². The van der Waals surface area contributed by atoms with E-state index in [1.807, 2.05) is 25.3 Å². The molecule has 0 radical (unpaired) electrons. The molecule has 2 heteroatoms. The second kappa shape index (κ2) is 3.79. The Morgan fingerprint density at radius 1 is 1.50 bits per heavy atom. The van der Waals surface area contributed by atoms with Gasteiger partial charge >= 0.3 is 0 Å². The minimum Gasteiger partial charge on any atom is -0.264 e. The van der Waals surface area contributed by atoms with Gasteiger partial charge in [0.05, 0.1) is 0 Å². The third-order valence-corrected chi connectivity index (χ3v) is 0.809. The summed E-state index contributed by atoms with van der Waals surface area (Å²) in [5.41, 5.74) is 1.21. The minimum atomic E-state index is 0. The van der Waals surface area contributed by atoms with Crippen LogP contribution in [0, 0.1) is 6.92 Å². The Kier molecular flexibility index (Phi) is 3.72. The van der Waals surface area contributed by atoms with Crippen molar-refractivity contribution in [3.05, 3.63) is 30.1 Å². The molecule has 0 bridgehead atoms. The van der Waals surface area contributed by atoms with Crippen LogP contribution in [0.15, 0.2) is 24.5 Å². The molecule has 1 nitrogen and oxygen atoms in total. The van der Waals surface area contributed by atoms with E-state index in [4.69, 9.17) is 0 Å². The van der Waals surface area contributed by atoms with Crippen LogP contribution in [0.5, 0.6) is 0 Å². The van der Waals surface area contributed by atoms with Crippen LogP contribution in [0.3, 0.4) is 0 Å². The number of nitrogens with zero attached hydrogens (tertiary/aromatic N) is 1. The van der Waals surface area contributed by atoms with Crippen LogP contribution >= 0.6 is 0 Å². The molecule has 0 aliphatic rings. The molecule has 0 saturated carbocycles. The van der Waals surface area contributed by atoms with Crippen molar-refractivity contribution in [2.24, 2.45) is 0 Å². The summed E-state index contributed by atoms with van der Waals surface area (Å²) in [7, 11) is 0. The number of hydrogen-bond acceptors (Lipinski definition) is 1. The Morgan fingerprint density at radius 3 is 2.50 bits per heavy atom. The maximum Gasteiger partial charge on any atom is 0.0297 e. The Bertz CT molecular complexity index is 138. The molecule has 0 amide bonds. The molecule has 1 aromatic rings. The molecule has 0 N–H and O–H groups in total. The average Bonchev–Trinajstić information content (AvgIpc) is 1.69. The standard InChI is InChI=1S/C6H7N.W/c1-6-3-2-4-7-5-6;/h2-5H,1H3;. The summed E-state index contributed by atoms with van der Waals surface area (Å²) in [6.45, 7) is 2.02. The number of aromatic nitrogens is 1. The Hall–Kier alpha value is -0.162. The van der Waals surface area contributed by atoms with Gasteiger partial charge in [-0.1, -0.05) is 6.07 Å². The van der Waals surface area contributed by atoms with Crippen LogP contribution in [0.25, 0.3) is 0 Å². The first kappa shape index (κ1) is 7.84. The molecule has 1 rings (SSSR count). The molecule has 0 fully saturated rings. The van der Waals surface area contributed by atoms with Gasteiger partial charge in [-0.05, 0) is 18.6 Å². The van der Waals surface area contributed by atoms with Gasteiger partial charge in [-0.3, -0.25) is 4.98 Å². The van der Waals surface area contributed by atoms with Gasteiger partial charge in [-0.15, -0.1) is 0 Å². The first-order chi connectivity index (χ1) is 3.39. The maximum atomic E-state index is 3.88. The van der Waals surface area contributed by atoms with E-state index < -0.39 is 0 Å². The summed E-state index contributed by atoms with van der Waals surface area (Å²) in [4.78, 5) is 3.88. The van der Waals surface area contributed by atoms with Crippen LogP contribution in [-0.4, -0.2) is 4.98 Å². The Morgan fingerprint density at radius 2 is 2.25 bits per heavy atom. The summed E-state index contributed by atoms with van der Waals surface area (Å²) in [5, 5.41) is 0. The van der Waals surface area contributed by atoms with Gasteiger partial charge in [-0.2, -0.15) is 0 Å². The monoisotopic (exact) mass is 277 g/mol. The fraction of sp³-hybridized carbons (Fsp3) is 0.167. The summed E-state index contributed by atoms with van der Waals surface area (Å²) in [6.07, 6.45) is 3.60. The molecule has 1 heterocycles. The van der Waals surface area contributed by atoms with E-state index in [-0.39, 0.29) is 21.1 Å². The minimum absolute atomic E-state index is 0. The van der Waals surface area contributed by atoms with E-state index in [0.717, 1.165) is 0 Å². The zero-order chi connectivity index (χ0) is 5.11. The zero-order valence-electron chi connectivity index (χ0n) is 4.66. The quantitative estimate of drug-likeness (QED) is 0.698. The molecule has 0 aromatic carbocycles. The second-order valence-electron chi connectivity index (χ2n) is 1.53. The maximum absolute atomic E-state index is 3.88. The van der Waals surface area contributed by atoms with Crippen molar-refractivity contribution in [3.63, 3.8) is 0 Å². The number of rotatable bonds is 0. The molecule has 8 heavy (non-hydrogen) atoms. The predicted molar refractivity (Wildman–Crippen MR) is 29.0 cm³/mol. The van der Waals surface area contributed by atoms with Crippen molar-refractivity contribution >= 4 is 0 Å². The Labute approximate surface area is 63.4 Å². The van der Waals surface area contributed by atoms with Gasteiger partial charge in [-0.25, -0.2) is 0 Å². The molecule has 0 unspecified atom stereocenters. The largest absolute Gasteiger partial charge is 0.264 e. The third kappa shape index (κ3) is 2.22. The molecule has 0 atom stereocenters. The Balaban J connectivity index is 0.000000490. The second-order valence-corrected chi connectivity index (χ2v) is 1.53. The smallest absolute Gasteiger partial charge is 0.0297 e. The van der Waals surface area contributed by atoms with Crippen LogP contribution in [0.1, 0.15) is 5.56 Å². The van der Waals surface area contributed by atoms with E-state index in [0.29, 0.717) is 0 Å². The molecular formula is C6H7NW. The topological polar surface area (TPSA) is 12.9 Å². The van der Waals surface area contributed by atoms with E-state index in [1.54, 1.807) is 6.20 Å². The van der Waals surface area contributed by atoms with Crippen LogP contribution in [-0.2, 0) is 21.1 Å². The van der Waals surface area contributed by atoms with Crippen molar-refractivity contribution in [3.8, 4) is 0 Å². The van der Waals surface area contributed by atoms with Gasteiger partial charge in [0.25, 0.3) is 0 Å². The van der Waals surface area contributed by atoms with Gasteiger partial charge in [0.1, 0.15) is 0 Å². The van der Waals surface area contributed by atoms with Crippen LogP contribution < -0.4 is 0 Å². The van der Waals surface area contributed by atoms with Gasteiger partial charge in [0.2, 0.25) is 0 Å². The SMILES string of the molecule is Cc1cccnc1.[W]. The molecule has 0 saturated heterocycles. The summed E-state index contributed by atoms with van der Waals surface area (Å²) in [6, 6.07) is 3.95. The van der Waals surface area contributed by atoms with Gasteiger partial charge < -0.3 is 0 Å². The van der Waals surface area contributed by atoms with Gasteiger partial charge in [0.15, 0.2) is 0 Å². The molecular weight excluding hydrogens is 270 g/mol. The average molecular weight is 277 g/mol. The number of pyridine rings is 1.